The highest BCUT2D eigenvalue weighted by Gasteiger charge is 2.34. The summed E-state index contributed by atoms with van der Waals surface area (Å²) in [7, 11) is 0. The van der Waals surface area contributed by atoms with E-state index in [1.54, 1.807) is 0 Å². The first-order valence-corrected chi connectivity index (χ1v) is 8.16. The van der Waals surface area contributed by atoms with Gasteiger partial charge in [0.1, 0.15) is 0 Å². The fourth-order valence-electron chi connectivity index (χ4n) is 3.25. The molecule has 1 fully saturated rings. The van der Waals surface area contributed by atoms with Gasteiger partial charge in [-0.15, -0.1) is 0 Å². The molecule has 1 heteroatoms. The lowest BCUT2D eigenvalue weighted by Crippen LogP contribution is -2.39. The van der Waals surface area contributed by atoms with Crippen LogP contribution in [0.25, 0.3) is 11.1 Å². The Morgan fingerprint density at radius 3 is 2.14 bits per heavy atom. The van der Waals surface area contributed by atoms with Crippen LogP contribution in [0.15, 0.2) is 54.6 Å². The van der Waals surface area contributed by atoms with Gasteiger partial charge in [-0.3, -0.25) is 0 Å². The average Bonchev–Trinajstić information content (AvgIpc) is 2.51. The molecule has 1 aliphatic carbocycles. The molecule has 0 spiro atoms. The lowest BCUT2D eigenvalue weighted by molar-refractivity contribution is 0.124. The van der Waals surface area contributed by atoms with E-state index in [0.717, 1.165) is 6.54 Å². The Kier molecular flexibility index (Phi) is 4.40. The topological polar surface area (TPSA) is 12.0 Å². The summed E-state index contributed by atoms with van der Waals surface area (Å²) in [6.45, 7) is 4.48. The molecule has 3 rings (SSSR count). The molecule has 0 saturated heterocycles. The Labute approximate surface area is 128 Å². The molecule has 0 bridgehead atoms. The van der Waals surface area contributed by atoms with Crippen LogP contribution < -0.4 is 5.32 Å². The van der Waals surface area contributed by atoms with Crippen LogP contribution in [-0.4, -0.2) is 6.54 Å². The zero-order valence-electron chi connectivity index (χ0n) is 12.9. The molecular weight excluding hydrogens is 254 g/mol. The molecule has 0 aliphatic heterocycles. The van der Waals surface area contributed by atoms with Crippen LogP contribution in [0, 0.1) is 5.41 Å². The Balaban J connectivity index is 1.55. The van der Waals surface area contributed by atoms with E-state index in [9.17, 15) is 0 Å². The fraction of sp³-hybridized carbons (Fsp3) is 0.400. The van der Waals surface area contributed by atoms with E-state index in [-0.39, 0.29) is 0 Å². The van der Waals surface area contributed by atoms with Gasteiger partial charge in [0.25, 0.3) is 0 Å². The minimum atomic E-state index is 0.601. The fourth-order valence-corrected chi connectivity index (χ4v) is 3.25. The van der Waals surface area contributed by atoms with Gasteiger partial charge >= 0.3 is 0 Å². The second-order valence-corrected chi connectivity index (χ2v) is 6.37. The van der Waals surface area contributed by atoms with Crippen LogP contribution in [0.1, 0.15) is 38.2 Å². The molecule has 21 heavy (non-hydrogen) atoms. The molecule has 0 radical (unpaired) electrons. The van der Waals surface area contributed by atoms with Gasteiger partial charge in [0, 0.05) is 13.1 Å². The number of hydrogen-bond acceptors (Lipinski definition) is 1. The molecule has 1 nitrogen and oxygen atoms in total. The second kappa shape index (κ2) is 6.44. The van der Waals surface area contributed by atoms with Crippen molar-refractivity contribution in [3.8, 4) is 11.1 Å². The number of hydrogen-bond donors (Lipinski definition) is 1. The Bertz CT molecular complexity index is 547. The molecule has 2 aromatic carbocycles. The van der Waals surface area contributed by atoms with Crippen molar-refractivity contribution in [3.63, 3.8) is 0 Å². The van der Waals surface area contributed by atoms with Gasteiger partial charge in [0.05, 0.1) is 0 Å². The Morgan fingerprint density at radius 2 is 1.57 bits per heavy atom. The average molecular weight is 279 g/mol. The zero-order valence-corrected chi connectivity index (χ0v) is 12.9. The third-order valence-corrected chi connectivity index (χ3v) is 5.05. The van der Waals surface area contributed by atoms with Crippen LogP contribution in [0.4, 0.5) is 0 Å². The van der Waals surface area contributed by atoms with Crippen molar-refractivity contribution in [2.45, 2.75) is 39.2 Å². The molecule has 0 unspecified atom stereocenters. The number of benzene rings is 2. The van der Waals surface area contributed by atoms with E-state index in [0.29, 0.717) is 5.41 Å². The van der Waals surface area contributed by atoms with Gasteiger partial charge in [0.15, 0.2) is 0 Å². The summed E-state index contributed by atoms with van der Waals surface area (Å²) < 4.78 is 0. The first-order chi connectivity index (χ1) is 10.3. The van der Waals surface area contributed by atoms with Crippen LogP contribution in [-0.2, 0) is 6.54 Å². The molecule has 0 atom stereocenters. The van der Waals surface area contributed by atoms with E-state index in [4.69, 9.17) is 0 Å². The smallest absolute Gasteiger partial charge is 0.0205 e. The molecule has 2 aromatic rings. The van der Waals surface area contributed by atoms with E-state index < -0.39 is 0 Å². The van der Waals surface area contributed by atoms with Crippen molar-refractivity contribution >= 4 is 0 Å². The maximum Gasteiger partial charge on any atom is 0.0205 e. The third-order valence-electron chi connectivity index (χ3n) is 5.05. The summed E-state index contributed by atoms with van der Waals surface area (Å²) in [5.41, 5.74) is 4.56. The van der Waals surface area contributed by atoms with E-state index in [1.165, 1.54) is 48.9 Å². The van der Waals surface area contributed by atoms with Crippen molar-refractivity contribution in [2.75, 3.05) is 6.54 Å². The highest BCUT2D eigenvalue weighted by molar-refractivity contribution is 5.63. The van der Waals surface area contributed by atoms with Crippen molar-refractivity contribution in [1.82, 2.24) is 5.32 Å². The molecular formula is C20H25N. The normalized spacial score (nSPS) is 16.4. The van der Waals surface area contributed by atoms with Gasteiger partial charge < -0.3 is 5.32 Å². The lowest BCUT2D eigenvalue weighted by Gasteiger charge is -2.41. The Hall–Kier alpha value is -1.60. The van der Waals surface area contributed by atoms with Crippen LogP contribution in [0.5, 0.6) is 0 Å². The molecule has 110 valence electrons. The minimum Gasteiger partial charge on any atom is -0.312 e. The first kappa shape index (κ1) is 14.3. The van der Waals surface area contributed by atoms with Crippen LogP contribution in [0.3, 0.4) is 0 Å². The standard InChI is InChI=1S/C20H25N/c1-2-20(13-6-14-20)16-21-15-17-9-11-19(12-10-17)18-7-4-3-5-8-18/h3-5,7-12,21H,2,6,13-16H2,1H3. The summed E-state index contributed by atoms with van der Waals surface area (Å²) in [4.78, 5) is 0. The lowest BCUT2D eigenvalue weighted by atomic mass is 9.67. The number of rotatable bonds is 6. The predicted molar refractivity (Wildman–Crippen MR) is 90.2 cm³/mol. The van der Waals surface area contributed by atoms with Crippen LogP contribution >= 0.6 is 0 Å². The summed E-state index contributed by atoms with van der Waals surface area (Å²) >= 11 is 0. The van der Waals surface area contributed by atoms with Gasteiger partial charge in [-0.1, -0.05) is 67.9 Å². The largest absolute Gasteiger partial charge is 0.312 e. The van der Waals surface area contributed by atoms with Gasteiger partial charge in [-0.25, -0.2) is 0 Å². The molecule has 0 heterocycles. The van der Waals surface area contributed by atoms with Crippen molar-refractivity contribution in [1.29, 1.82) is 0 Å². The van der Waals surface area contributed by atoms with Crippen LogP contribution in [0.2, 0.25) is 0 Å². The third kappa shape index (κ3) is 3.36. The van der Waals surface area contributed by atoms with Crippen molar-refractivity contribution in [2.24, 2.45) is 5.41 Å². The molecule has 1 N–H and O–H groups in total. The second-order valence-electron chi connectivity index (χ2n) is 6.37. The molecule has 0 aromatic heterocycles. The van der Waals surface area contributed by atoms with Gasteiger partial charge in [-0.2, -0.15) is 0 Å². The number of nitrogens with one attached hydrogen (secondary N) is 1. The summed E-state index contributed by atoms with van der Waals surface area (Å²) in [5.74, 6) is 0. The summed E-state index contributed by atoms with van der Waals surface area (Å²) in [5, 5.41) is 3.65. The van der Waals surface area contributed by atoms with E-state index in [2.05, 4.69) is 66.8 Å². The molecule has 1 aliphatic rings. The summed E-state index contributed by atoms with van der Waals surface area (Å²) in [6, 6.07) is 19.5. The van der Waals surface area contributed by atoms with Crippen molar-refractivity contribution in [3.05, 3.63) is 60.2 Å². The van der Waals surface area contributed by atoms with E-state index >= 15 is 0 Å². The maximum atomic E-state index is 3.65. The minimum absolute atomic E-state index is 0.601. The van der Waals surface area contributed by atoms with Gasteiger partial charge in [-0.05, 0) is 41.4 Å². The van der Waals surface area contributed by atoms with Crippen molar-refractivity contribution < 1.29 is 0 Å². The van der Waals surface area contributed by atoms with E-state index in [1.807, 2.05) is 0 Å². The molecule has 0 amide bonds. The quantitative estimate of drug-likeness (QED) is 0.782. The predicted octanol–water partition coefficient (Wildman–Crippen LogP) is 5.02. The molecule has 1 saturated carbocycles. The highest BCUT2D eigenvalue weighted by Crippen LogP contribution is 2.43. The monoisotopic (exact) mass is 279 g/mol. The zero-order chi connectivity index (χ0) is 14.5. The first-order valence-electron chi connectivity index (χ1n) is 8.16. The highest BCUT2D eigenvalue weighted by atomic mass is 14.9. The summed E-state index contributed by atoms with van der Waals surface area (Å²) in [6.07, 6.45) is 5.54. The van der Waals surface area contributed by atoms with Gasteiger partial charge in [0.2, 0.25) is 0 Å². The SMILES string of the molecule is CCC1(CNCc2ccc(-c3ccccc3)cc2)CCC1. The maximum absolute atomic E-state index is 3.65. The Morgan fingerprint density at radius 1 is 0.905 bits per heavy atom.